The Bertz CT molecular complexity index is 777. The number of hydrogen-bond acceptors (Lipinski definition) is 4. The molecule has 1 aromatic carbocycles. The van der Waals surface area contributed by atoms with E-state index in [1.165, 1.54) is 34.8 Å². The molecule has 0 saturated carbocycles. The number of carbonyl (C=O) groups is 1. The Morgan fingerprint density at radius 1 is 1.19 bits per heavy atom. The molecule has 6 heteroatoms. The first kappa shape index (κ1) is 13.9. The highest BCUT2D eigenvalue weighted by molar-refractivity contribution is 7.14. The molecule has 0 bridgehead atoms. The number of aromatic nitrogens is 1. The van der Waals surface area contributed by atoms with Crippen LogP contribution in [0.2, 0.25) is 0 Å². The maximum absolute atomic E-state index is 12.9. The van der Waals surface area contributed by atoms with Crippen LogP contribution in [-0.2, 0) is 0 Å². The molecule has 0 saturated heterocycles. The quantitative estimate of drug-likeness (QED) is 0.768. The lowest BCUT2D eigenvalue weighted by Crippen LogP contribution is -2.10. The van der Waals surface area contributed by atoms with Crippen LogP contribution in [0.5, 0.6) is 0 Å². The second kappa shape index (κ2) is 5.75. The monoisotopic (exact) mass is 318 g/mol. The lowest BCUT2D eigenvalue weighted by atomic mass is 10.2. The van der Waals surface area contributed by atoms with E-state index in [2.05, 4.69) is 10.3 Å². The average molecular weight is 318 g/mol. The fourth-order valence-electron chi connectivity index (χ4n) is 1.84. The zero-order chi connectivity index (χ0) is 14.8. The van der Waals surface area contributed by atoms with Crippen molar-refractivity contribution in [2.45, 2.75) is 6.92 Å². The number of hydrogen-bond donors (Lipinski definition) is 1. The summed E-state index contributed by atoms with van der Waals surface area (Å²) in [6.07, 6.45) is 0. The topological polar surface area (TPSA) is 42.0 Å². The molecule has 106 valence electrons. The van der Waals surface area contributed by atoms with E-state index in [4.69, 9.17) is 0 Å². The predicted molar refractivity (Wildman–Crippen MR) is 84.5 cm³/mol. The minimum atomic E-state index is -0.282. The molecule has 3 rings (SSSR count). The smallest absolute Gasteiger partial charge is 0.267 e. The molecular weight excluding hydrogens is 307 g/mol. The van der Waals surface area contributed by atoms with Gasteiger partial charge in [-0.15, -0.1) is 22.7 Å². The van der Waals surface area contributed by atoms with Gasteiger partial charge in [-0.05, 0) is 48.2 Å². The number of carbonyl (C=O) groups excluding carboxylic acids is 1. The van der Waals surface area contributed by atoms with Gasteiger partial charge in [0.15, 0.2) is 5.13 Å². The van der Waals surface area contributed by atoms with Crippen molar-refractivity contribution in [2.75, 3.05) is 5.32 Å². The van der Waals surface area contributed by atoms with Gasteiger partial charge in [0.25, 0.3) is 5.91 Å². The largest absolute Gasteiger partial charge is 0.297 e. The minimum absolute atomic E-state index is 0.150. The van der Waals surface area contributed by atoms with Gasteiger partial charge in [0.1, 0.15) is 5.82 Å². The number of anilines is 1. The molecule has 3 aromatic rings. The standard InChI is InChI=1S/C15H11FN2OS2/c1-9-6-7-20-13(9)14(19)18-15-17-12(8-21-15)10-2-4-11(16)5-3-10/h2-8H,1H3,(H,17,18,19). The number of amides is 1. The van der Waals surface area contributed by atoms with Gasteiger partial charge in [0.2, 0.25) is 0 Å². The fourth-order valence-corrected chi connectivity index (χ4v) is 3.38. The van der Waals surface area contributed by atoms with Crippen molar-refractivity contribution in [3.63, 3.8) is 0 Å². The van der Waals surface area contributed by atoms with Gasteiger partial charge >= 0.3 is 0 Å². The second-order valence-corrected chi connectivity index (χ2v) is 6.21. The summed E-state index contributed by atoms with van der Waals surface area (Å²) in [4.78, 5) is 17.1. The summed E-state index contributed by atoms with van der Waals surface area (Å²) < 4.78 is 12.9. The van der Waals surface area contributed by atoms with Crippen LogP contribution in [-0.4, -0.2) is 10.9 Å². The van der Waals surface area contributed by atoms with Crippen molar-refractivity contribution in [2.24, 2.45) is 0 Å². The minimum Gasteiger partial charge on any atom is -0.297 e. The highest BCUT2D eigenvalue weighted by atomic mass is 32.1. The molecular formula is C15H11FN2OS2. The van der Waals surface area contributed by atoms with Crippen LogP contribution in [0, 0.1) is 12.7 Å². The van der Waals surface area contributed by atoms with Gasteiger partial charge in [-0.3, -0.25) is 10.1 Å². The van der Waals surface area contributed by atoms with E-state index in [0.717, 1.165) is 16.8 Å². The summed E-state index contributed by atoms with van der Waals surface area (Å²) in [7, 11) is 0. The maximum Gasteiger partial charge on any atom is 0.267 e. The van der Waals surface area contributed by atoms with Crippen molar-refractivity contribution in [3.05, 3.63) is 57.3 Å². The van der Waals surface area contributed by atoms with Gasteiger partial charge in [-0.1, -0.05) is 0 Å². The van der Waals surface area contributed by atoms with Crippen LogP contribution in [0.3, 0.4) is 0 Å². The third-order valence-electron chi connectivity index (χ3n) is 2.93. The predicted octanol–water partition coefficient (Wildman–Crippen LogP) is 4.57. The molecule has 0 aliphatic heterocycles. The summed E-state index contributed by atoms with van der Waals surface area (Å²) >= 11 is 2.75. The molecule has 1 amide bonds. The Morgan fingerprint density at radius 2 is 1.95 bits per heavy atom. The molecule has 0 aliphatic carbocycles. The zero-order valence-corrected chi connectivity index (χ0v) is 12.7. The first-order chi connectivity index (χ1) is 10.1. The molecule has 0 atom stereocenters. The molecule has 1 N–H and O–H groups in total. The van der Waals surface area contributed by atoms with Crippen LogP contribution < -0.4 is 5.32 Å². The first-order valence-electron chi connectivity index (χ1n) is 6.20. The van der Waals surface area contributed by atoms with E-state index < -0.39 is 0 Å². The number of nitrogens with one attached hydrogen (secondary N) is 1. The molecule has 0 unspecified atom stereocenters. The number of rotatable bonds is 3. The Hall–Kier alpha value is -2.05. The Morgan fingerprint density at radius 3 is 2.62 bits per heavy atom. The average Bonchev–Trinajstić information content (AvgIpc) is 3.09. The first-order valence-corrected chi connectivity index (χ1v) is 7.96. The van der Waals surface area contributed by atoms with Crippen LogP contribution in [0.25, 0.3) is 11.3 Å². The normalized spacial score (nSPS) is 10.6. The van der Waals surface area contributed by atoms with Crippen molar-refractivity contribution < 1.29 is 9.18 Å². The SMILES string of the molecule is Cc1ccsc1C(=O)Nc1nc(-c2ccc(F)cc2)cs1. The van der Waals surface area contributed by atoms with Crippen LogP contribution in [0.1, 0.15) is 15.2 Å². The zero-order valence-electron chi connectivity index (χ0n) is 11.1. The molecule has 0 radical (unpaired) electrons. The lowest BCUT2D eigenvalue weighted by Gasteiger charge is -2.00. The van der Waals surface area contributed by atoms with E-state index in [1.54, 1.807) is 12.1 Å². The lowest BCUT2D eigenvalue weighted by molar-refractivity contribution is 0.103. The Balaban J connectivity index is 1.78. The number of halogens is 1. The molecule has 0 aliphatic rings. The summed E-state index contributed by atoms with van der Waals surface area (Å²) in [6.45, 7) is 1.90. The van der Waals surface area contributed by atoms with E-state index in [1.807, 2.05) is 23.8 Å². The number of nitrogens with zero attached hydrogens (tertiary/aromatic N) is 1. The summed E-state index contributed by atoms with van der Waals surface area (Å²) in [5.74, 6) is -0.432. The number of thiazole rings is 1. The molecule has 3 nitrogen and oxygen atoms in total. The molecule has 21 heavy (non-hydrogen) atoms. The van der Waals surface area contributed by atoms with Crippen LogP contribution in [0.4, 0.5) is 9.52 Å². The highest BCUT2D eigenvalue weighted by Crippen LogP contribution is 2.26. The van der Waals surface area contributed by atoms with Crippen molar-refractivity contribution >= 4 is 33.7 Å². The van der Waals surface area contributed by atoms with Gasteiger partial charge in [-0.2, -0.15) is 0 Å². The van der Waals surface area contributed by atoms with Gasteiger partial charge in [0, 0.05) is 10.9 Å². The van der Waals surface area contributed by atoms with Crippen molar-refractivity contribution in [1.29, 1.82) is 0 Å². The molecule has 0 fully saturated rings. The van der Waals surface area contributed by atoms with Gasteiger partial charge in [0.05, 0.1) is 10.6 Å². The maximum atomic E-state index is 12.9. The number of thiophene rings is 1. The van der Waals surface area contributed by atoms with E-state index >= 15 is 0 Å². The van der Waals surface area contributed by atoms with Crippen molar-refractivity contribution in [3.8, 4) is 11.3 Å². The molecule has 2 heterocycles. The third kappa shape index (κ3) is 3.01. The van der Waals surface area contributed by atoms with Gasteiger partial charge < -0.3 is 0 Å². The molecule has 2 aromatic heterocycles. The number of aryl methyl sites for hydroxylation is 1. The van der Waals surface area contributed by atoms with E-state index in [-0.39, 0.29) is 11.7 Å². The Kier molecular flexibility index (Phi) is 3.81. The third-order valence-corrected chi connectivity index (χ3v) is 4.71. The van der Waals surface area contributed by atoms with Gasteiger partial charge in [-0.25, -0.2) is 9.37 Å². The summed E-state index contributed by atoms with van der Waals surface area (Å²) in [5, 5.41) is 7.05. The van der Waals surface area contributed by atoms with E-state index in [0.29, 0.717) is 10.0 Å². The summed E-state index contributed by atoms with van der Waals surface area (Å²) in [6, 6.07) is 8.02. The van der Waals surface area contributed by atoms with Crippen molar-refractivity contribution in [1.82, 2.24) is 4.98 Å². The number of benzene rings is 1. The second-order valence-electron chi connectivity index (χ2n) is 4.43. The van der Waals surface area contributed by atoms with Crippen LogP contribution in [0.15, 0.2) is 41.1 Å². The fraction of sp³-hybridized carbons (Fsp3) is 0.0667. The molecule has 0 spiro atoms. The Labute approximate surface area is 129 Å². The van der Waals surface area contributed by atoms with Crippen LogP contribution >= 0.6 is 22.7 Å². The highest BCUT2D eigenvalue weighted by Gasteiger charge is 2.13. The summed E-state index contributed by atoms with van der Waals surface area (Å²) in [5.41, 5.74) is 2.49. The van der Waals surface area contributed by atoms with E-state index in [9.17, 15) is 9.18 Å².